The van der Waals surface area contributed by atoms with Crippen LogP contribution in [0.25, 0.3) is 0 Å². The van der Waals surface area contributed by atoms with E-state index in [1.54, 1.807) is 12.1 Å². The van der Waals surface area contributed by atoms with Crippen LogP contribution in [0.15, 0.2) is 22.8 Å². The van der Waals surface area contributed by atoms with Crippen LogP contribution in [0.4, 0.5) is 0 Å². The summed E-state index contributed by atoms with van der Waals surface area (Å²) in [6, 6.07) is 3.22. The van der Waals surface area contributed by atoms with Crippen LogP contribution in [-0.4, -0.2) is 58.1 Å². The Kier molecular flexibility index (Phi) is 6.49. The van der Waals surface area contributed by atoms with E-state index in [-0.39, 0.29) is 24.1 Å². The summed E-state index contributed by atoms with van der Waals surface area (Å²) in [4.78, 5) is 36.9. The molecule has 0 spiro atoms. The summed E-state index contributed by atoms with van der Waals surface area (Å²) in [6.07, 6.45) is 8.39. The molecule has 3 rings (SSSR count). The second-order valence-electron chi connectivity index (χ2n) is 7.38. The fraction of sp³-hybridized carbons (Fsp3) is 0.632. The maximum atomic E-state index is 13.3. The fourth-order valence-corrected chi connectivity index (χ4v) is 4.11. The van der Waals surface area contributed by atoms with E-state index in [2.05, 4.69) is 0 Å². The summed E-state index contributed by atoms with van der Waals surface area (Å²) < 4.78 is 5.20. The van der Waals surface area contributed by atoms with Crippen molar-refractivity contribution in [2.75, 3.05) is 19.6 Å². The quantitative estimate of drug-likeness (QED) is 0.447. The Morgan fingerprint density at radius 2 is 1.93 bits per heavy atom. The average Bonchev–Trinajstić information content (AvgIpc) is 3.40. The van der Waals surface area contributed by atoms with Gasteiger partial charge in [-0.05, 0) is 37.3 Å². The molecule has 0 radical (unpaired) electrons. The molecule has 8 nitrogen and oxygen atoms in total. The zero-order valence-electron chi connectivity index (χ0n) is 15.5. The number of amides is 3. The Hall–Kier alpha value is -2.35. The van der Waals surface area contributed by atoms with Crippen molar-refractivity contribution in [2.24, 2.45) is 11.8 Å². The van der Waals surface area contributed by atoms with E-state index in [4.69, 9.17) is 4.42 Å². The van der Waals surface area contributed by atoms with Gasteiger partial charge in [0.05, 0.1) is 18.7 Å². The second kappa shape index (κ2) is 9.03. The SMILES string of the molecule is O=CN(O)C[C@@H](CC1CCCC1)C(=O)N1CCCCN1C(=O)c1ccco1. The summed E-state index contributed by atoms with van der Waals surface area (Å²) in [5.74, 6) is -0.489. The first-order chi connectivity index (χ1) is 13.1. The minimum atomic E-state index is -0.534. The molecule has 8 heteroatoms. The van der Waals surface area contributed by atoms with Crippen molar-refractivity contribution < 1.29 is 24.0 Å². The summed E-state index contributed by atoms with van der Waals surface area (Å²) in [5, 5.41) is 13.1. The molecule has 1 N–H and O–H groups in total. The monoisotopic (exact) mass is 377 g/mol. The van der Waals surface area contributed by atoms with E-state index in [0.29, 0.717) is 36.9 Å². The van der Waals surface area contributed by atoms with E-state index in [1.165, 1.54) is 16.3 Å². The van der Waals surface area contributed by atoms with Crippen molar-refractivity contribution in [1.29, 1.82) is 0 Å². The lowest BCUT2D eigenvalue weighted by molar-refractivity contribution is -0.164. The molecule has 0 bridgehead atoms. The maximum Gasteiger partial charge on any atom is 0.308 e. The molecule has 1 aliphatic heterocycles. The standard InChI is InChI=1S/C19H27N3O5/c23-14-20(26)13-16(12-15-6-1-2-7-15)18(24)21-9-3-4-10-22(21)19(25)17-8-5-11-27-17/h5,8,11,14-16,26H,1-4,6-7,9-10,12-13H2/t16-/m1/s1. The van der Waals surface area contributed by atoms with Crippen LogP contribution in [-0.2, 0) is 9.59 Å². The minimum absolute atomic E-state index is 0.0574. The first-order valence-electron chi connectivity index (χ1n) is 9.67. The molecule has 1 saturated heterocycles. The molecule has 148 valence electrons. The number of hydrazine groups is 1. The van der Waals surface area contributed by atoms with Crippen molar-refractivity contribution in [3.63, 3.8) is 0 Å². The highest BCUT2D eigenvalue weighted by Crippen LogP contribution is 2.32. The molecule has 3 amide bonds. The van der Waals surface area contributed by atoms with Gasteiger partial charge in [0.15, 0.2) is 5.76 Å². The summed E-state index contributed by atoms with van der Waals surface area (Å²) >= 11 is 0. The molecule has 1 aromatic rings. The van der Waals surface area contributed by atoms with Crippen LogP contribution >= 0.6 is 0 Å². The van der Waals surface area contributed by atoms with Crippen LogP contribution in [0.1, 0.15) is 55.5 Å². The number of furan rings is 1. The zero-order valence-corrected chi connectivity index (χ0v) is 15.5. The first kappa shape index (κ1) is 19.4. The number of hydrogen-bond donors (Lipinski definition) is 1. The Bertz CT molecular complexity index is 642. The maximum absolute atomic E-state index is 13.3. The number of carbonyl (C=O) groups excluding carboxylic acids is 3. The van der Waals surface area contributed by atoms with E-state index in [9.17, 15) is 19.6 Å². The third kappa shape index (κ3) is 4.68. The lowest BCUT2D eigenvalue weighted by Gasteiger charge is -2.40. The van der Waals surface area contributed by atoms with Gasteiger partial charge in [-0.2, -0.15) is 0 Å². The zero-order chi connectivity index (χ0) is 19.2. The molecule has 1 saturated carbocycles. The Labute approximate surface area is 158 Å². The second-order valence-corrected chi connectivity index (χ2v) is 7.38. The van der Waals surface area contributed by atoms with Gasteiger partial charge in [-0.1, -0.05) is 25.7 Å². The van der Waals surface area contributed by atoms with Crippen molar-refractivity contribution in [3.05, 3.63) is 24.2 Å². The first-order valence-corrected chi connectivity index (χ1v) is 9.67. The molecule has 1 aliphatic carbocycles. The van der Waals surface area contributed by atoms with Gasteiger partial charge in [0, 0.05) is 13.1 Å². The van der Waals surface area contributed by atoms with Gasteiger partial charge in [-0.3, -0.25) is 24.6 Å². The number of hydroxylamine groups is 2. The van der Waals surface area contributed by atoms with Crippen LogP contribution in [0.5, 0.6) is 0 Å². The Morgan fingerprint density at radius 1 is 1.22 bits per heavy atom. The summed E-state index contributed by atoms with van der Waals surface area (Å²) in [7, 11) is 0. The smallest absolute Gasteiger partial charge is 0.308 e. The van der Waals surface area contributed by atoms with Gasteiger partial charge in [-0.25, -0.2) is 10.1 Å². The topological polar surface area (TPSA) is 94.3 Å². The molecule has 27 heavy (non-hydrogen) atoms. The largest absolute Gasteiger partial charge is 0.459 e. The van der Waals surface area contributed by atoms with E-state index in [0.717, 1.165) is 38.5 Å². The number of carbonyl (C=O) groups is 3. The predicted octanol–water partition coefficient (Wildman–Crippen LogP) is 2.30. The molecule has 1 atom stereocenters. The van der Waals surface area contributed by atoms with Gasteiger partial charge in [0.1, 0.15) is 0 Å². The lowest BCUT2D eigenvalue weighted by atomic mass is 9.92. The summed E-state index contributed by atoms with van der Waals surface area (Å²) in [5.41, 5.74) is 0. The average molecular weight is 377 g/mol. The Balaban J connectivity index is 1.76. The highest BCUT2D eigenvalue weighted by Gasteiger charge is 2.36. The molecule has 0 aromatic carbocycles. The fourth-order valence-electron chi connectivity index (χ4n) is 4.11. The molecule has 1 aromatic heterocycles. The van der Waals surface area contributed by atoms with Crippen LogP contribution in [0.3, 0.4) is 0 Å². The molecule has 0 unspecified atom stereocenters. The van der Waals surface area contributed by atoms with Crippen molar-refractivity contribution >= 4 is 18.2 Å². The van der Waals surface area contributed by atoms with Crippen molar-refractivity contribution in [2.45, 2.75) is 44.9 Å². The lowest BCUT2D eigenvalue weighted by Crippen LogP contribution is -2.55. The summed E-state index contributed by atoms with van der Waals surface area (Å²) in [6.45, 7) is 0.828. The molecule has 2 heterocycles. The van der Waals surface area contributed by atoms with Crippen LogP contribution in [0, 0.1) is 11.8 Å². The molecular weight excluding hydrogens is 350 g/mol. The van der Waals surface area contributed by atoms with Gasteiger partial charge in [-0.15, -0.1) is 0 Å². The van der Waals surface area contributed by atoms with Gasteiger partial charge in [0.25, 0.3) is 0 Å². The number of nitrogens with zero attached hydrogens (tertiary/aromatic N) is 3. The van der Waals surface area contributed by atoms with E-state index < -0.39 is 5.92 Å². The minimum Gasteiger partial charge on any atom is -0.459 e. The van der Waals surface area contributed by atoms with Gasteiger partial charge < -0.3 is 4.42 Å². The third-order valence-electron chi connectivity index (χ3n) is 5.47. The van der Waals surface area contributed by atoms with Gasteiger partial charge in [0.2, 0.25) is 12.3 Å². The Morgan fingerprint density at radius 3 is 2.56 bits per heavy atom. The highest BCUT2D eigenvalue weighted by molar-refractivity contribution is 5.93. The van der Waals surface area contributed by atoms with Crippen molar-refractivity contribution in [1.82, 2.24) is 15.1 Å². The predicted molar refractivity (Wildman–Crippen MR) is 95.3 cm³/mol. The van der Waals surface area contributed by atoms with Gasteiger partial charge >= 0.3 is 5.91 Å². The highest BCUT2D eigenvalue weighted by atomic mass is 16.5. The normalized spacial score (nSPS) is 19.1. The number of rotatable bonds is 7. The van der Waals surface area contributed by atoms with Crippen molar-refractivity contribution in [3.8, 4) is 0 Å². The molecular formula is C19H27N3O5. The van der Waals surface area contributed by atoms with Crippen LogP contribution < -0.4 is 0 Å². The van der Waals surface area contributed by atoms with E-state index >= 15 is 0 Å². The molecule has 2 fully saturated rings. The number of hydrogen-bond acceptors (Lipinski definition) is 5. The molecule has 2 aliphatic rings. The van der Waals surface area contributed by atoms with E-state index in [1.807, 2.05) is 0 Å². The van der Waals surface area contributed by atoms with Crippen LogP contribution in [0.2, 0.25) is 0 Å². The third-order valence-corrected chi connectivity index (χ3v) is 5.47.